The van der Waals surface area contributed by atoms with E-state index in [4.69, 9.17) is 5.73 Å². The molecule has 6 heteroatoms. The second-order valence-electron chi connectivity index (χ2n) is 5.25. The first-order chi connectivity index (χ1) is 9.11. The Kier molecular flexibility index (Phi) is 5.16. The fraction of sp³-hybridized carbons (Fsp3) is 0.500. The number of alkyl halides is 3. The molecule has 20 heavy (non-hydrogen) atoms. The number of aryl methyl sites for hydroxylation is 1. The summed E-state index contributed by atoms with van der Waals surface area (Å²) in [5.74, 6) is -0.241. The standard InChI is InChI=1S/C14H19F3N2O/c1-8(2)6-12(18)13(20)19-10-5-4-9(3)11(7-10)14(15,16)17/h4-5,7-8,12H,6,18H2,1-3H3,(H,19,20)/t12-/m0/s1. The van der Waals surface area contributed by atoms with Gasteiger partial charge in [0, 0.05) is 5.69 Å². The maximum atomic E-state index is 12.8. The van der Waals surface area contributed by atoms with Gasteiger partial charge in [0.2, 0.25) is 5.91 Å². The summed E-state index contributed by atoms with van der Waals surface area (Å²) in [5, 5.41) is 2.42. The lowest BCUT2D eigenvalue weighted by Gasteiger charge is -2.16. The Labute approximate surface area is 116 Å². The van der Waals surface area contributed by atoms with Crippen LogP contribution in [0.25, 0.3) is 0 Å². The largest absolute Gasteiger partial charge is 0.416 e. The Morgan fingerprint density at radius 3 is 2.45 bits per heavy atom. The van der Waals surface area contributed by atoms with Crippen molar-refractivity contribution in [2.45, 2.75) is 39.4 Å². The van der Waals surface area contributed by atoms with Gasteiger partial charge >= 0.3 is 6.18 Å². The molecule has 1 aromatic carbocycles. The molecule has 3 N–H and O–H groups in total. The van der Waals surface area contributed by atoms with Gasteiger partial charge in [-0.1, -0.05) is 19.9 Å². The normalized spacial score (nSPS) is 13.4. The van der Waals surface area contributed by atoms with E-state index in [1.807, 2.05) is 13.8 Å². The highest BCUT2D eigenvalue weighted by atomic mass is 19.4. The lowest BCUT2D eigenvalue weighted by molar-refractivity contribution is -0.138. The maximum absolute atomic E-state index is 12.8. The molecule has 0 saturated heterocycles. The number of carbonyl (C=O) groups is 1. The lowest BCUT2D eigenvalue weighted by Crippen LogP contribution is -2.36. The van der Waals surface area contributed by atoms with Gasteiger partial charge in [0.05, 0.1) is 11.6 Å². The molecule has 0 radical (unpaired) electrons. The van der Waals surface area contributed by atoms with E-state index in [0.29, 0.717) is 6.42 Å². The van der Waals surface area contributed by atoms with E-state index in [1.54, 1.807) is 0 Å². The van der Waals surface area contributed by atoms with Crippen LogP contribution in [0.5, 0.6) is 0 Å². The Morgan fingerprint density at radius 1 is 1.35 bits per heavy atom. The molecule has 0 aliphatic heterocycles. The van der Waals surface area contributed by atoms with Gasteiger partial charge in [0.15, 0.2) is 0 Å². The molecule has 0 aliphatic carbocycles. The summed E-state index contributed by atoms with van der Waals surface area (Å²) in [6, 6.07) is 2.96. The van der Waals surface area contributed by atoms with Crippen molar-refractivity contribution in [3.63, 3.8) is 0 Å². The van der Waals surface area contributed by atoms with E-state index in [-0.39, 0.29) is 17.2 Å². The smallest absolute Gasteiger partial charge is 0.325 e. The van der Waals surface area contributed by atoms with Crippen molar-refractivity contribution >= 4 is 11.6 Å². The minimum Gasteiger partial charge on any atom is -0.325 e. The summed E-state index contributed by atoms with van der Waals surface area (Å²) in [4.78, 5) is 11.8. The summed E-state index contributed by atoms with van der Waals surface area (Å²) >= 11 is 0. The van der Waals surface area contributed by atoms with Crippen molar-refractivity contribution in [1.29, 1.82) is 0 Å². The molecule has 0 aromatic heterocycles. The van der Waals surface area contributed by atoms with Crippen molar-refractivity contribution in [2.75, 3.05) is 5.32 Å². The van der Waals surface area contributed by atoms with E-state index in [9.17, 15) is 18.0 Å². The molecule has 1 amide bonds. The first-order valence-electron chi connectivity index (χ1n) is 6.35. The fourth-order valence-electron chi connectivity index (χ4n) is 1.86. The van der Waals surface area contributed by atoms with Gasteiger partial charge in [0.25, 0.3) is 0 Å². The summed E-state index contributed by atoms with van der Waals surface area (Å²) in [5.41, 5.74) is 5.15. The van der Waals surface area contributed by atoms with Crippen LogP contribution in [0.15, 0.2) is 18.2 Å². The van der Waals surface area contributed by atoms with Gasteiger partial charge in [-0.3, -0.25) is 4.79 Å². The molecule has 0 spiro atoms. The first kappa shape index (κ1) is 16.5. The molecule has 1 aromatic rings. The summed E-state index contributed by atoms with van der Waals surface area (Å²) < 4.78 is 38.3. The summed E-state index contributed by atoms with van der Waals surface area (Å²) in [6.07, 6.45) is -3.96. The molecular weight excluding hydrogens is 269 g/mol. The highest BCUT2D eigenvalue weighted by molar-refractivity contribution is 5.94. The molecule has 0 aliphatic rings. The Hall–Kier alpha value is -1.56. The van der Waals surface area contributed by atoms with Crippen LogP contribution in [0.3, 0.4) is 0 Å². The molecule has 0 unspecified atom stereocenters. The van der Waals surface area contributed by atoms with Gasteiger partial charge in [-0.2, -0.15) is 13.2 Å². The quantitative estimate of drug-likeness (QED) is 0.893. The summed E-state index contributed by atoms with van der Waals surface area (Å²) in [6.45, 7) is 5.21. The van der Waals surface area contributed by atoms with Crippen LogP contribution in [-0.4, -0.2) is 11.9 Å². The van der Waals surface area contributed by atoms with E-state index in [2.05, 4.69) is 5.32 Å². The number of carbonyl (C=O) groups excluding carboxylic acids is 1. The van der Waals surface area contributed by atoms with Gasteiger partial charge in [-0.15, -0.1) is 0 Å². The van der Waals surface area contributed by atoms with Crippen LogP contribution in [0.1, 0.15) is 31.4 Å². The van der Waals surface area contributed by atoms with Crippen LogP contribution >= 0.6 is 0 Å². The van der Waals surface area contributed by atoms with Crippen LogP contribution in [0.2, 0.25) is 0 Å². The second-order valence-corrected chi connectivity index (χ2v) is 5.25. The Balaban J connectivity index is 2.86. The van der Waals surface area contributed by atoms with E-state index in [1.165, 1.54) is 19.1 Å². The van der Waals surface area contributed by atoms with Crippen LogP contribution in [0.4, 0.5) is 18.9 Å². The predicted octanol–water partition coefficient (Wildman–Crippen LogP) is 3.33. The van der Waals surface area contributed by atoms with Crippen molar-refractivity contribution in [1.82, 2.24) is 0 Å². The van der Waals surface area contributed by atoms with Crippen LogP contribution in [0, 0.1) is 12.8 Å². The molecule has 0 fully saturated rings. The molecular formula is C14H19F3N2O. The molecule has 3 nitrogen and oxygen atoms in total. The minimum atomic E-state index is -4.44. The average molecular weight is 288 g/mol. The number of nitrogens with one attached hydrogen (secondary N) is 1. The molecule has 0 saturated carbocycles. The van der Waals surface area contributed by atoms with Gasteiger partial charge in [0.1, 0.15) is 0 Å². The zero-order valence-corrected chi connectivity index (χ0v) is 11.7. The highest BCUT2D eigenvalue weighted by Gasteiger charge is 2.32. The third-order valence-electron chi connectivity index (χ3n) is 2.87. The molecule has 0 heterocycles. The van der Waals surface area contributed by atoms with Gasteiger partial charge in [-0.25, -0.2) is 0 Å². The Bertz CT molecular complexity index is 484. The highest BCUT2D eigenvalue weighted by Crippen LogP contribution is 2.33. The number of halogens is 3. The molecule has 112 valence electrons. The van der Waals surface area contributed by atoms with Crippen LogP contribution in [-0.2, 0) is 11.0 Å². The number of benzene rings is 1. The van der Waals surface area contributed by atoms with E-state index < -0.39 is 23.7 Å². The van der Waals surface area contributed by atoms with E-state index in [0.717, 1.165) is 6.07 Å². The average Bonchev–Trinajstić information content (AvgIpc) is 2.29. The maximum Gasteiger partial charge on any atom is 0.416 e. The fourth-order valence-corrected chi connectivity index (χ4v) is 1.86. The predicted molar refractivity (Wildman–Crippen MR) is 72.2 cm³/mol. The SMILES string of the molecule is Cc1ccc(NC(=O)[C@@H](N)CC(C)C)cc1C(F)(F)F. The number of nitrogens with two attached hydrogens (primary N) is 1. The van der Waals surface area contributed by atoms with Crippen molar-refractivity contribution in [3.8, 4) is 0 Å². The minimum absolute atomic E-state index is 0.104. The van der Waals surface area contributed by atoms with Crippen molar-refractivity contribution in [2.24, 2.45) is 11.7 Å². The van der Waals surface area contributed by atoms with Gasteiger partial charge in [-0.05, 0) is 37.0 Å². The van der Waals surface area contributed by atoms with E-state index >= 15 is 0 Å². The summed E-state index contributed by atoms with van der Waals surface area (Å²) in [7, 11) is 0. The van der Waals surface area contributed by atoms with Crippen LogP contribution < -0.4 is 11.1 Å². The number of rotatable bonds is 4. The topological polar surface area (TPSA) is 55.1 Å². The molecule has 1 rings (SSSR count). The number of amides is 1. The zero-order valence-electron chi connectivity index (χ0n) is 11.7. The molecule has 0 bridgehead atoms. The third kappa shape index (κ3) is 4.52. The number of anilines is 1. The number of hydrogen-bond acceptors (Lipinski definition) is 2. The monoisotopic (exact) mass is 288 g/mol. The number of hydrogen-bond donors (Lipinski definition) is 2. The van der Waals surface area contributed by atoms with Crippen molar-refractivity contribution < 1.29 is 18.0 Å². The first-order valence-corrected chi connectivity index (χ1v) is 6.35. The van der Waals surface area contributed by atoms with Gasteiger partial charge < -0.3 is 11.1 Å². The third-order valence-corrected chi connectivity index (χ3v) is 2.87. The second kappa shape index (κ2) is 6.26. The van der Waals surface area contributed by atoms with Crippen molar-refractivity contribution in [3.05, 3.63) is 29.3 Å². The lowest BCUT2D eigenvalue weighted by atomic mass is 10.0. The zero-order chi connectivity index (χ0) is 15.5. The Morgan fingerprint density at radius 2 is 1.95 bits per heavy atom. The molecule has 1 atom stereocenters.